The Morgan fingerprint density at radius 1 is 1.26 bits per heavy atom. The number of nitrogens with zero attached hydrogens (tertiary/aromatic N) is 2. The molecule has 6 rings (SSSR count). The zero-order valence-corrected chi connectivity index (χ0v) is 19.8. The van der Waals surface area contributed by atoms with Crippen LogP contribution in [0, 0.1) is 23.1 Å². The second-order valence-corrected chi connectivity index (χ2v) is 11.7. The molecular formula is C25H27FN4O3S. The van der Waals surface area contributed by atoms with Crippen LogP contribution >= 0.6 is 0 Å². The van der Waals surface area contributed by atoms with Crippen molar-refractivity contribution in [3.63, 3.8) is 0 Å². The summed E-state index contributed by atoms with van der Waals surface area (Å²) < 4.78 is 40.9. The third kappa shape index (κ3) is 3.90. The number of nitrogens with one attached hydrogen (secondary N) is 2. The van der Waals surface area contributed by atoms with E-state index in [4.69, 9.17) is 0 Å². The van der Waals surface area contributed by atoms with E-state index in [1.807, 2.05) is 0 Å². The minimum atomic E-state index is -3.45. The molecule has 0 aromatic heterocycles. The average molecular weight is 483 g/mol. The van der Waals surface area contributed by atoms with Gasteiger partial charge >= 0.3 is 0 Å². The minimum absolute atomic E-state index is 0.0697. The third-order valence-electron chi connectivity index (χ3n) is 7.54. The van der Waals surface area contributed by atoms with E-state index in [0.29, 0.717) is 22.6 Å². The number of amides is 1. The fourth-order valence-corrected chi connectivity index (χ4v) is 6.70. The van der Waals surface area contributed by atoms with Gasteiger partial charge in [0, 0.05) is 20.0 Å². The average Bonchev–Trinajstić information content (AvgIpc) is 3.08. The predicted molar refractivity (Wildman–Crippen MR) is 124 cm³/mol. The zero-order chi connectivity index (χ0) is 24.1. The highest BCUT2D eigenvalue weighted by Gasteiger charge is 2.46. The van der Waals surface area contributed by atoms with Crippen LogP contribution in [0.1, 0.15) is 36.8 Å². The number of carbonyl (C=O) groups excluding carboxylic acids is 1. The van der Waals surface area contributed by atoms with Crippen molar-refractivity contribution >= 4 is 15.9 Å². The Balaban J connectivity index is 1.31. The van der Waals surface area contributed by atoms with Gasteiger partial charge < -0.3 is 10.6 Å². The van der Waals surface area contributed by atoms with Crippen molar-refractivity contribution in [1.29, 1.82) is 5.26 Å². The predicted octanol–water partition coefficient (Wildman–Crippen LogP) is 2.71. The van der Waals surface area contributed by atoms with Gasteiger partial charge in [-0.15, -0.1) is 0 Å². The summed E-state index contributed by atoms with van der Waals surface area (Å²) in [5.41, 5.74) is 1.76. The highest BCUT2D eigenvalue weighted by molar-refractivity contribution is 7.89. The molecule has 0 spiro atoms. The normalized spacial score (nSPS) is 26.0. The van der Waals surface area contributed by atoms with Crippen molar-refractivity contribution in [2.24, 2.45) is 5.92 Å². The number of sulfonamides is 1. The maximum absolute atomic E-state index is 15.0. The Hall–Kier alpha value is -2.80. The molecule has 1 saturated carbocycles. The molecule has 3 aliphatic heterocycles. The number of benzene rings is 2. The number of fused-ring (bicyclic) bond motifs is 4. The van der Waals surface area contributed by atoms with Crippen molar-refractivity contribution < 1.29 is 17.6 Å². The molecule has 178 valence electrons. The van der Waals surface area contributed by atoms with Crippen molar-refractivity contribution in [3.05, 3.63) is 53.3 Å². The number of carbonyl (C=O) groups is 1. The summed E-state index contributed by atoms with van der Waals surface area (Å²) in [7, 11) is -1.92. The van der Waals surface area contributed by atoms with Gasteiger partial charge in [0.15, 0.2) is 0 Å². The van der Waals surface area contributed by atoms with Crippen molar-refractivity contribution in [3.8, 4) is 17.2 Å². The van der Waals surface area contributed by atoms with E-state index < -0.39 is 27.4 Å². The second kappa shape index (κ2) is 8.45. The number of piperidine rings is 2. The van der Waals surface area contributed by atoms with Crippen LogP contribution in [0.4, 0.5) is 4.39 Å². The number of hydrogen-bond acceptors (Lipinski definition) is 5. The van der Waals surface area contributed by atoms with Gasteiger partial charge in [-0.3, -0.25) is 4.79 Å². The minimum Gasteiger partial charge on any atom is -0.338 e. The highest BCUT2D eigenvalue weighted by Crippen LogP contribution is 2.37. The molecule has 34 heavy (non-hydrogen) atoms. The molecule has 7 nitrogen and oxygen atoms in total. The molecule has 9 heteroatoms. The lowest BCUT2D eigenvalue weighted by atomic mass is 9.71. The molecule has 0 radical (unpaired) electrons. The van der Waals surface area contributed by atoms with E-state index in [9.17, 15) is 22.9 Å². The molecule has 1 atom stereocenters. The first-order valence-corrected chi connectivity index (χ1v) is 13.0. The maximum atomic E-state index is 15.0. The van der Waals surface area contributed by atoms with E-state index in [1.54, 1.807) is 30.3 Å². The van der Waals surface area contributed by atoms with Crippen LogP contribution in [0.15, 0.2) is 41.3 Å². The molecule has 1 aliphatic carbocycles. The van der Waals surface area contributed by atoms with Gasteiger partial charge in [-0.25, -0.2) is 12.8 Å². The van der Waals surface area contributed by atoms with Gasteiger partial charge in [0.25, 0.3) is 0 Å². The molecule has 2 saturated heterocycles. The molecule has 4 aliphatic rings. The van der Waals surface area contributed by atoms with Crippen LogP contribution < -0.4 is 10.6 Å². The van der Waals surface area contributed by atoms with Gasteiger partial charge in [0.05, 0.1) is 16.5 Å². The monoisotopic (exact) mass is 482 g/mol. The van der Waals surface area contributed by atoms with E-state index >= 15 is 0 Å². The summed E-state index contributed by atoms with van der Waals surface area (Å²) in [6.45, 7) is 1.11. The van der Waals surface area contributed by atoms with Gasteiger partial charge in [0.1, 0.15) is 11.9 Å². The lowest BCUT2D eigenvalue weighted by Gasteiger charge is -2.46. The zero-order valence-electron chi connectivity index (χ0n) is 19.0. The Morgan fingerprint density at radius 3 is 2.62 bits per heavy atom. The Morgan fingerprint density at radius 2 is 1.97 bits per heavy atom. The van der Waals surface area contributed by atoms with Crippen LogP contribution in [0.3, 0.4) is 0 Å². The van der Waals surface area contributed by atoms with E-state index in [-0.39, 0.29) is 23.8 Å². The largest absolute Gasteiger partial charge is 0.338 e. The Bertz CT molecular complexity index is 1280. The van der Waals surface area contributed by atoms with Crippen LogP contribution in [-0.2, 0) is 27.8 Å². The van der Waals surface area contributed by atoms with Crippen LogP contribution in [-0.4, -0.2) is 43.8 Å². The third-order valence-corrected chi connectivity index (χ3v) is 9.44. The van der Waals surface area contributed by atoms with Gasteiger partial charge in [-0.2, -0.15) is 9.57 Å². The smallest absolute Gasteiger partial charge is 0.243 e. The number of nitriles is 1. The summed E-state index contributed by atoms with van der Waals surface area (Å²) in [4.78, 5) is 13.2. The number of hydrogen-bond donors (Lipinski definition) is 2. The van der Waals surface area contributed by atoms with Crippen molar-refractivity contribution in [2.75, 3.05) is 13.6 Å². The van der Waals surface area contributed by atoms with E-state index in [2.05, 4.69) is 16.7 Å². The second-order valence-electron chi connectivity index (χ2n) is 9.66. The lowest BCUT2D eigenvalue weighted by molar-refractivity contribution is -0.131. The molecule has 3 heterocycles. The quantitative estimate of drug-likeness (QED) is 0.682. The first-order valence-electron chi connectivity index (χ1n) is 11.6. The van der Waals surface area contributed by atoms with Crippen molar-refractivity contribution in [1.82, 2.24) is 14.9 Å². The van der Waals surface area contributed by atoms with E-state index in [1.165, 1.54) is 17.4 Å². The number of halogens is 1. The van der Waals surface area contributed by atoms with Gasteiger partial charge in [0.2, 0.25) is 15.9 Å². The number of rotatable bonds is 5. The summed E-state index contributed by atoms with van der Waals surface area (Å²) >= 11 is 0. The van der Waals surface area contributed by atoms with Crippen LogP contribution in [0.5, 0.6) is 0 Å². The molecular weight excluding hydrogens is 455 g/mol. The maximum Gasteiger partial charge on any atom is 0.243 e. The topological polar surface area (TPSA) is 102 Å². The molecule has 3 fully saturated rings. The van der Waals surface area contributed by atoms with Gasteiger partial charge in [-0.05, 0) is 78.6 Å². The summed E-state index contributed by atoms with van der Waals surface area (Å²) in [5.74, 6) is -0.0102. The standard InChI is InChI=1S/C25H27FN4O3S/c1-30-15-20-10-17(4-5-23(20)34(30,32)33)18-2-3-19(22(26)12-18)11-21(13-27)29-24(31)25-8-6-16(7-9-25)14-28-25/h2-5,10,12,16,21,28H,6-9,11,14-15H2,1H3,(H,29,31)/t16?,21-,25?/m0/s1. The summed E-state index contributed by atoms with van der Waals surface area (Å²) in [6, 6.07) is 11.0. The van der Waals surface area contributed by atoms with Crippen molar-refractivity contribution in [2.45, 2.75) is 55.1 Å². The molecule has 0 unspecified atom stereocenters. The SMILES string of the molecule is CN1Cc2cc(-c3ccc(C[C@@H](C#N)NC(=O)C45CCC(CC4)CN5)c(F)c3)ccc2S1(=O)=O. The lowest BCUT2D eigenvalue weighted by Crippen LogP contribution is -2.64. The Kier molecular flexibility index (Phi) is 5.71. The van der Waals surface area contributed by atoms with Gasteiger partial charge in [-0.1, -0.05) is 18.2 Å². The van der Waals surface area contributed by atoms with Crippen LogP contribution in [0.25, 0.3) is 11.1 Å². The molecule has 2 aromatic carbocycles. The molecule has 1 amide bonds. The highest BCUT2D eigenvalue weighted by atomic mass is 32.2. The fraction of sp³-hybridized carbons (Fsp3) is 0.440. The first kappa shape index (κ1) is 23.0. The van der Waals surface area contributed by atoms with Crippen LogP contribution in [0.2, 0.25) is 0 Å². The molecule has 2 bridgehead atoms. The summed E-state index contributed by atoms with van der Waals surface area (Å²) in [6.07, 6.45) is 3.63. The molecule has 2 N–H and O–H groups in total. The van der Waals surface area contributed by atoms with E-state index in [0.717, 1.165) is 37.8 Å². The first-order chi connectivity index (χ1) is 16.2. The fourth-order valence-electron chi connectivity index (χ4n) is 5.36. The Labute approximate surface area is 199 Å². The molecule has 2 aromatic rings. The summed E-state index contributed by atoms with van der Waals surface area (Å²) in [5, 5.41) is 15.8.